The van der Waals surface area contributed by atoms with Crippen LogP contribution in [-0.4, -0.2) is 50.9 Å². The predicted molar refractivity (Wildman–Crippen MR) is 150 cm³/mol. The highest BCUT2D eigenvalue weighted by molar-refractivity contribution is 5.88. The lowest BCUT2D eigenvalue weighted by atomic mass is 9.72. The monoisotopic (exact) mass is 628 g/mol. The number of hydrogen-bond acceptors (Lipinski definition) is 5. The van der Waals surface area contributed by atoms with Gasteiger partial charge in [0.05, 0.1) is 31.4 Å². The molecular weight excluding hydrogens is 594 g/mol. The number of allylic oxidation sites excluding steroid dienone is 1. The van der Waals surface area contributed by atoms with Crippen molar-refractivity contribution in [1.82, 2.24) is 4.90 Å². The zero-order valence-corrected chi connectivity index (χ0v) is 25.2. The number of rotatable bonds is 6. The number of alkyl halides is 6. The van der Waals surface area contributed by atoms with Gasteiger partial charge in [0.1, 0.15) is 11.9 Å². The van der Waals surface area contributed by atoms with Crippen molar-refractivity contribution in [3.63, 3.8) is 0 Å². The average molecular weight is 629 g/mol. The Morgan fingerprint density at radius 3 is 2.20 bits per heavy atom. The van der Waals surface area contributed by atoms with Gasteiger partial charge in [0.2, 0.25) is 0 Å². The first-order chi connectivity index (χ1) is 20.4. The lowest BCUT2D eigenvalue weighted by molar-refractivity contribution is -0.143. The minimum absolute atomic E-state index is 0.0283. The number of ether oxygens (including phenoxy) is 3. The Balaban J connectivity index is 1.75. The van der Waals surface area contributed by atoms with Crippen molar-refractivity contribution in [3.05, 3.63) is 64.2 Å². The van der Waals surface area contributed by atoms with Gasteiger partial charge in [0.25, 0.3) is 0 Å². The molecule has 1 saturated heterocycles. The van der Waals surface area contributed by atoms with Crippen LogP contribution >= 0.6 is 0 Å². The third kappa shape index (κ3) is 6.76. The number of benzene rings is 2. The number of halogens is 6. The fourth-order valence-corrected chi connectivity index (χ4v) is 5.78. The number of amides is 2. The van der Waals surface area contributed by atoms with E-state index < -0.39 is 53.4 Å². The van der Waals surface area contributed by atoms with Crippen molar-refractivity contribution in [2.24, 2.45) is 5.41 Å². The quantitative estimate of drug-likeness (QED) is 0.300. The molecule has 44 heavy (non-hydrogen) atoms. The Labute approximate surface area is 251 Å². The van der Waals surface area contributed by atoms with Crippen molar-refractivity contribution in [2.45, 2.75) is 64.5 Å². The predicted octanol–water partition coefficient (Wildman–Crippen LogP) is 8.48. The maximum absolute atomic E-state index is 13.5. The Kier molecular flexibility index (Phi) is 8.92. The van der Waals surface area contributed by atoms with Crippen molar-refractivity contribution in [2.75, 3.05) is 32.7 Å². The highest BCUT2D eigenvalue weighted by Gasteiger charge is 2.44. The van der Waals surface area contributed by atoms with Gasteiger partial charge in [-0.05, 0) is 84.7 Å². The van der Waals surface area contributed by atoms with Crippen molar-refractivity contribution >= 4 is 23.4 Å². The van der Waals surface area contributed by atoms with E-state index in [0.717, 1.165) is 17.6 Å². The van der Waals surface area contributed by atoms with Crippen LogP contribution in [0.3, 0.4) is 0 Å². The molecule has 0 saturated carbocycles. The molecule has 0 radical (unpaired) electrons. The molecule has 2 aromatic rings. The molecule has 240 valence electrons. The Bertz CT molecular complexity index is 1430. The second kappa shape index (κ2) is 11.9. The second-order valence-electron chi connectivity index (χ2n) is 11.8. The zero-order valence-electron chi connectivity index (χ0n) is 25.2. The fourth-order valence-electron chi connectivity index (χ4n) is 5.78. The summed E-state index contributed by atoms with van der Waals surface area (Å²) in [4.78, 5) is 28.0. The van der Waals surface area contributed by atoms with Crippen molar-refractivity contribution in [3.8, 4) is 5.75 Å². The molecule has 2 atom stereocenters. The molecular formula is C31H34F6N2O5. The van der Waals surface area contributed by atoms with E-state index in [1.54, 1.807) is 25.2 Å². The van der Waals surface area contributed by atoms with E-state index in [-0.39, 0.29) is 18.0 Å². The van der Waals surface area contributed by atoms with E-state index in [0.29, 0.717) is 42.0 Å². The Morgan fingerprint density at radius 1 is 1.05 bits per heavy atom. The number of hydrogen-bond donors (Lipinski definition) is 0. The number of methoxy groups -OCH3 is 2. The molecule has 0 bridgehead atoms. The standard InChI is InChI=1S/C31H34F6N2O5/c1-17-26(18-11-20(30(32,33)34)13-21(12-18)31(35,36)37)44-28(41)39(17)16-19-15-29(2,3)10-9-23(19)24-14-22(7-8-25(24)42-5)38(4)27(40)43-6/h7-8,11-14,17,26H,9-10,15-16H2,1-6H3/t17-,26-/m0/s1. The summed E-state index contributed by atoms with van der Waals surface area (Å²) in [6.45, 7) is 5.70. The first-order valence-electron chi connectivity index (χ1n) is 13.8. The maximum atomic E-state index is 13.5. The first-order valence-corrected chi connectivity index (χ1v) is 13.8. The molecule has 4 rings (SSSR count). The number of carbonyl (C=O) groups excluding carboxylic acids is 2. The molecule has 0 spiro atoms. The Morgan fingerprint density at radius 2 is 1.66 bits per heavy atom. The molecule has 1 heterocycles. The van der Waals surface area contributed by atoms with Crippen LogP contribution in [0.25, 0.3) is 5.57 Å². The average Bonchev–Trinajstić information content (AvgIpc) is 3.23. The SMILES string of the molecule is COC(=O)N(C)c1ccc(OC)c(C2=C(CN3C(=O)O[C@H](c4cc(C(F)(F)F)cc(C(F)(F)F)c4)[C@@H]3C)CC(C)(C)CC2)c1. The molecule has 1 fully saturated rings. The smallest absolute Gasteiger partial charge is 0.416 e. The lowest BCUT2D eigenvalue weighted by Crippen LogP contribution is -2.35. The van der Waals surface area contributed by atoms with Crippen LogP contribution in [0.15, 0.2) is 42.0 Å². The first kappa shape index (κ1) is 33.0. The highest BCUT2D eigenvalue weighted by Crippen LogP contribution is 2.47. The molecule has 7 nitrogen and oxygen atoms in total. The normalized spacial score (nSPS) is 20.5. The van der Waals surface area contributed by atoms with Crippen molar-refractivity contribution < 1.29 is 50.1 Å². The number of anilines is 1. The lowest BCUT2D eigenvalue weighted by Gasteiger charge is -2.36. The van der Waals surface area contributed by atoms with Gasteiger partial charge in [-0.3, -0.25) is 9.80 Å². The summed E-state index contributed by atoms with van der Waals surface area (Å²) in [7, 11) is 4.32. The summed E-state index contributed by atoms with van der Waals surface area (Å²) >= 11 is 0. The van der Waals surface area contributed by atoms with Gasteiger partial charge < -0.3 is 14.2 Å². The van der Waals surface area contributed by atoms with Crippen LogP contribution in [0.4, 0.5) is 41.6 Å². The van der Waals surface area contributed by atoms with Gasteiger partial charge in [0.15, 0.2) is 0 Å². The summed E-state index contributed by atoms with van der Waals surface area (Å²) in [6, 6.07) is 5.53. The van der Waals surface area contributed by atoms with E-state index in [4.69, 9.17) is 14.2 Å². The third-order valence-corrected chi connectivity index (χ3v) is 8.21. The molecule has 2 amide bonds. The molecule has 0 aromatic heterocycles. The van der Waals surface area contributed by atoms with Gasteiger partial charge >= 0.3 is 24.5 Å². The van der Waals surface area contributed by atoms with Crippen LogP contribution in [0.5, 0.6) is 5.75 Å². The van der Waals surface area contributed by atoms with Crippen LogP contribution in [0.1, 0.15) is 68.4 Å². The topological polar surface area (TPSA) is 68.3 Å². The number of nitrogens with zero attached hydrogens (tertiary/aromatic N) is 2. The number of cyclic esters (lactones) is 1. The van der Waals surface area contributed by atoms with E-state index in [2.05, 4.69) is 13.8 Å². The minimum Gasteiger partial charge on any atom is -0.496 e. The van der Waals surface area contributed by atoms with Crippen LogP contribution in [-0.2, 0) is 21.8 Å². The molecule has 13 heteroatoms. The zero-order chi connectivity index (χ0) is 32.8. The summed E-state index contributed by atoms with van der Waals surface area (Å²) in [5, 5.41) is 0. The largest absolute Gasteiger partial charge is 0.496 e. The summed E-state index contributed by atoms with van der Waals surface area (Å²) in [5.41, 5.74) is -0.599. The summed E-state index contributed by atoms with van der Waals surface area (Å²) < 4.78 is 97.1. The Hall–Kier alpha value is -3.90. The van der Waals surface area contributed by atoms with Crippen LogP contribution in [0, 0.1) is 5.41 Å². The highest BCUT2D eigenvalue weighted by atomic mass is 19.4. The van der Waals surface area contributed by atoms with E-state index >= 15 is 0 Å². The van der Waals surface area contributed by atoms with Crippen LogP contribution < -0.4 is 9.64 Å². The molecule has 0 N–H and O–H groups in total. The molecule has 1 aliphatic heterocycles. The van der Waals surface area contributed by atoms with Gasteiger partial charge in [-0.2, -0.15) is 26.3 Å². The maximum Gasteiger partial charge on any atom is 0.416 e. The fraction of sp³-hybridized carbons (Fsp3) is 0.484. The minimum atomic E-state index is -5.04. The van der Waals surface area contributed by atoms with Gasteiger partial charge in [-0.25, -0.2) is 9.59 Å². The number of carbonyl (C=O) groups is 2. The van der Waals surface area contributed by atoms with Crippen molar-refractivity contribution in [1.29, 1.82) is 0 Å². The van der Waals surface area contributed by atoms with E-state index in [1.165, 1.54) is 30.9 Å². The molecule has 2 aliphatic rings. The molecule has 0 unspecified atom stereocenters. The second-order valence-corrected chi connectivity index (χ2v) is 11.8. The van der Waals surface area contributed by atoms with E-state index in [1.807, 2.05) is 0 Å². The van der Waals surface area contributed by atoms with Gasteiger partial charge in [0, 0.05) is 24.8 Å². The van der Waals surface area contributed by atoms with Gasteiger partial charge in [-0.1, -0.05) is 13.8 Å². The third-order valence-electron chi connectivity index (χ3n) is 8.21. The summed E-state index contributed by atoms with van der Waals surface area (Å²) in [5.74, 6) is 0.526. The van der Waals surface area contributed by atoms with E-state index in [9.17, 15) is 35.9 Å². The molecule has 1 aliphatic carbocycles. The van der Waals surface area contributed by atoms with Gasteiger partial charge in [-0.15, -0.1) is 0 Å². The summed E-state index contributed by atoms with van der Waals surface area (Å²) in [6.07, 6.45) is -10.9. The molecule has 2 aromatic carbocycles. The van der Waals surface area contributed by atoms with Crippen LogP contribution in [0.2, 0.25) is 0 Å².